The molecule has 2 aromatic carbocycles. The maximum Gasteiger partial charge on any atom is 0.338 e. The molecule has 0 fully saturated rings. The number of anilines is 1. The van der Waals surface area contributed by atoms with Crippen LogP contribution < -0.4 is 10.2 Å². The average Bonchev–Trinajstić information content (AvgIpc) is 2.63. The summed E-state index contributed by atoms with van der Waals surface area (Å²) in [5, 5.41) is 2.76. The van der Waals surface area contributed by atoms with Gasteiger partial charge in [-0.25, -0.2) is 4.79 Å². The van der Waals surface area contributed by atoms with Crippen molar-refractivity contribution in [3.8, 4) is 0 Å². The van der Waals surface area contributed by atoms with Crippen LogP contribution >= 0.6 is 15.9 Å². The lowest BCUT2D eigenvalue weighted by atomic mass is 10.2. The van der Waals surface area contributed by atoms with Gasteiger partial charge in [0, 0.05) is 30.3 Å². The van der Waals surface area contributed by atoms with Crippen molar-refractivity contribution in [3.63, 3.8) is 0 Å². The van der Waals surface area contributed by atoms with E-state index in [0.717, 1.165) is 23.1 Å². The number of nitrogens with zero attached hydrogens (tertiary/aromatic N) is 1. The molecule has 1 amide bonds. The SMILES string of the molecule is CN(CCCNC(=O)COC(=O)c1cccc(Br)c1)c1ccccc1. The molecule has 6 heteroatoms. The number of nitrogens with one attached hydrogen (secondary N) is 1. The second-order valence-electron chi connectivity index (χ2n) is 5.55. The lowest BCUT2D eigenvalue weighted by molar-refractivity contribution is -0.124. The van der Waals surface area contributed by atoms with E-state index in [1.165, 1.54) is 0 Å². The Hall–Kier alpha value is -2.34. The second-order valence-corrected chi connectivity index (χ2v) is 6.46. The van der Waals surface area contributed by atoms with Crippen LogP contribution in [-0.4, -0.2) is 38.6 Å². The highest BCUT2D eigenvalue weighted by Crippen LogP contribution is 2.12. The fourth-order valence-corrected chi connectivity index (χ4v) is 2.64. The molecule has 5 nitrogen and oxygen atoms in total. The summed E-state index contributed by atoms with van der Waals surface area (Å²) in [6.07, 6.45) is 0.802. The molecule has 25 heavy (non-hydrogen) atoms. The van der Waals surface area contributed by atoms with Crippen LogP contribution in [0.2, 0.25) is 0 Å². The van der Waals surface area contributed by atoms with E-state index in [1.54, 1.807) is 18.2 Å². The predicted molar refractivity (Wildman–Crippen MR) is 102 cm³/mol. The highest BCUT2D eigenvalue weighted by Gasteiger charge is 2.10. The summed E-state index contributed by atoms with van der Waals surface area (Å²) in [5.41, 5.74) is 1.54. The van der Waals surface area contributed by atoms with Gasteiger partial charge in [-0.2, -0.15) is 0 Å². The molecule has 0 saturated carbocycles. The molecule has 0 heterocycles. The van der Waals surface area contributed by atoms with Gasteiger partial charge in [0.25, 0.3) is 5.91 Å². The first-order chi connectivity index (χ1) is 12.1. The number of para-hydroxylation sites is 1. The second kappa shape index (κ2) is 9.84. The van der Waals surface area contributed by atoms with Crippen molar-refractivity contribution < 1.29 is 14.3 Å². The van der Waals surface area contributed by atoms with Crippen LogP contribution in [0.25, 0.3) is 0 Å². The molecular weight excluding hydrogens is 384 g/mol. The van der Waals surface area contributed by atoms with E-state index in [1.807, 2.05) is 43.4 Å². The summed E-state index contributed by atoms with van der Waals surface area (Å²) < 4.78 is 5.80. The number of halogens is 1. The van der Waals surface area contributed by atoms with E-state index in [0.29, 0.717) is 12.1 Å². The van der Waals surface area contributed by atoms with Crippen molar-refractivity contribution in [1.82, 2.24) is 5.32 Å². The number of hydrogen-bond donors (Lipinski definition) is 1. The predicted octanol–water partition coefficient (Wildman–Crippen LogP) is 3.25. The van der Waals surface area contributed by atoms with E-state index in [-0.39, 0.29) is 12.5 Å². The van der Waals surface area contributed by atoms with Gasteiger partial charge in [-0.05, 0) is 36.8 Å². The van der Waals surface area contributed by atoms with Crippen molar-refractivity contribution in [2.24, 2.45) is 0 Å². The van der Waals surface area contributed by atoms with Crippen molar-refractivity contribution in [2.45, 2.75) is 6.42 Å². The molecule has 0 aliphatic rings. The van der Waals surface area contributed by atoms with Gasteiger partial charge in [-0.15, -0.1) is 0 Å². The molecule has 0 atom stereocenters. The first-order valence-corrected chi connectivity index (χ1v) is 8.81. The summed E-state index contributed by atoms with van der Waals surface area (Å²) in [5.74, 6) is -0.814. The van der Waals surface area contributed by atoms with Crippen LogP contribution in [0, 0.1) is 0 Å². The normalized spacial score (nSPS) is 10.2. The minimum atomic E-state index is -0.514. The summed E-state index contributed by atoms with van der Waals surface area (Å²) in [4.78, 5) is 25.7. The molecule has 0 radical (unpaired) electrons. The van der Waals surface area contributed by atoms with E-state index >= 15 is 0 Å². The Morgan fingerprint density at radius 2 is 1.88 bits per heavy atom. The fourth-order valence-electron chi connectivity index (χ4n) is 2.24. The van der Waals surface area contributed by atoms with Crippen LogP contribution in [0.4, 0.5) is 5.69 Å². The highest BCUT2D eigenvalue weighted by molar-refractivity contribution is 9.10. The molecule has 0 unspecified atom stereocenters. The molecule has 1 N–H and O–H groups in total. The Bertz CT molecular complexity index is 707. The molecule has 0 aliphatic carbocycles. The molecule has 0 bridgehead atoms. The van der Waals surface area contributed by atoms with Gasteiger partial charge in [0.1, 0.15) is 0 Å². The average molecular weight is 405 g/mol. The Balaban J connectivity index is 1.63. The summed E-state index contributed by atoms with van der Waals surface area (Å²) >= 11 is 3.29. The topological polar surface area (TPSA) is 58.6 Å². The minimum absolute atomic E-state index is 0.278. The van der Waals surface area contributed by atoms with Gasteiger partial charge < -0.3 is 15.0 Å². The standard InChI is InChI=1S/C19H21BrN2O3/c1-22(17-9-3-2-4-10-17)12-6-11-21-18(23)14-25-19(24)15-7-5-8-16(20)13-15/h2-5,7-10,13H,6,11-12,14H2,1H3,(H,21,23). The van der Waals surface area contributed by atoms with Crippen LogP contribution in [0.15, 0.2) is 59.1 Å². The number of esters is 1. The van der Waals surface area contributed by atoms with Crippen LogP contribution in [0.5, 0.6) is 0 Å². The number of ether oxygens (including phenoxy) is 1. The third-order valence-corrected chi connectivity index (χ3v) is 4.08. The maximum absolute atomic E-state index is 11.8. The third-order valence-electron chi connectivity index (χ3n) is 3.58. The molecule has 2 aromatic rings. The number of carbonyl (C=O) groups excluding carboxylic acids is 2. The Kier molecular flexibility index (Phi) is 7.47. The Morgan fingerprint density at radius 3 is 2.60 bits per heavy atom. The molecular formula is C19H21BrN2O3. The lowest BCUT2D eigenvalue weighted by Crippen LogP contribution is -2.31. The zero-order valence-electron chi connectivity index (χ0n) is 14.1. The molecule has 2 rings (SSSR count). The quantitative estimate of drug-likeness (QED) is 0.541. The van der Waals surface area contributed by atoms with Crippen molar-refractivity contribution in [2.75, 3.05) is 31.6 Å². The number of benzene rings is 2. The maximum atomic E-state index is 11.8. The fraction of sp³-hybridized carbons (Fsp3) is 0.263. The van der Waals surface area contributed by atoms with Crippen LogP contribution in [0.1, 0.15) is 16.8 Å². The number of rotatable bonds is 8. The zero-order valence-corrected chi connectivity index (χ0v) is 15.7. The highest BCUT2D eigenvalue weighted by atomic mass is 79.9. The lowest BCUT2D eigenvalue weighted by Gasteiger charge is -2.19. The van der Waals surface area contributed by atoms with E-state index in [2.05, 4.69) is 26.1 Å². The summed E-state index contributed by atoms with van der Waals surface area (Å²) in [6, 6.07) is 16.9. The number of carbonyl (C=O) groups is 2. The smallest absolute Gasteiger partial charge is 0.338 e. The zero-order chi connectivity index (χ0) is 18.1. The van der Waals surface area contributed by atoms with E-state index < -0.39 is 5.97 Å². The third kappa shape index (κ3) is 6.58. The first kappa shape index (κ1) is 19.0. The summed E-state index contributed by atoms with van der Waals surface area (Å²) in [6.45, 7) is 1.08. The minimum Gasteiger partial charge on any atom is -0.452 e. The van der Waals surface area contributed by atoms with Gasteiger partial charge >= 0.3 is 5.97 Å². The largest absolute Gasteiger partial charge is 0.452 e. The van der Waals surface area contributed by atoms with E-state index in [9.17, 15) is 9.59 Å². The Labute approximate surface area is 156 Å². The monoisotopic (exact) mass is 404 g/mol. The van der Waals surface area contributed by atoms with Gasteiger partial charge in [-0.3, -0.25) is 4.79 Å². The molecule has 0 spiro atoms. The number of hydrogen-bond acceptors (Lipinski definition) is 4. The van der Waals surface area contributed by atoms with Crippen molar-refractivity contribution in [3.05, 3.63) is 64.6 Å². The molecule has 0 saturated heterocycles. The molecule has 0 aromatic heterocycles. The first-order valence-electron chi connectivity index (χ1n) is 8.02. The molecule has 132 valence electrons. The van der Waals surface area contributed by atoms with Crippen LogP contribution in [0.3, 0.4) is 0 Å². The molecule has 0 aliphatic heterocycles. The summed E-state index contributed by atoms with van der Waals surface area (Å²) in [7, 11) is 2.01. The van der Waals surface area contributed by atoms with Gasteiger partial charge in [0.2, 0.25) is 0 Å². The Morgan fingerprint density at radius 1 is 1.12 bits per heavy atom. The van der Waals surface area contributed by atoms with Crippen molar-refractivity contribution >= 4 is 33.5 Å². The van der Waals surface area contributed by atoms with Gasteiger partial charge in [-0.1, -0.05) is 40.2 Å². The van der Waals surface area contributed by atoms with Crippen molar-refractivity contribution in [1.29, 1.82) is 0 Å². The van der Waals surface area contributed by atoms with Gasteiger partial charge in [0.05, 0.1) is 5.56 Å². The van der Waals surface area contributed by atoms with Gasteiger partial charge in [0.15, 0.2) is 6.61 Å². The number of amides is 1. The van der Waals surface area contributed by atoms with E-state index in [4.69, 9.17) is 4.74 Å². The van der Waals surface area contributed by atoms with Crippen LogP contribution in [-0.2, 0) is 9.53 Å².